The van der Waals surface area contributed by atoms with Crippen molar-refractivity contribution in [3.63, 3.8) is 0 Å². The zero-order chi connectivity index (χ0) is 31.2. The van der Waals surface area contributed by atoms with Gasteiger partial charge in [-0.2, -0.15) is 0 Å². The van der Waals surface area contributed by atoms with Crippen molar-refractivity contribution in [2.45, 2.75) is 69.7 Å². The quantitative estimate of drug-likeness (QED) is 0.355. The maximum atomic E-state index is 16.7. The molecule has 2 aliphatic rings. The summed E-state index contributed by atoms with van der Waals surface area (Å²) in [6.45, 7) is 5.45. The number of fused-ring (bicyclic) bond motifs is 1. The highest BCUT2D eigenvalue weighted by molar-refractivity contribution is 6.30. The Labute approximate surface area is 255 Å². The van der Waals surface area contributed by atoms with Gasteiger partial charge in [-0.15, -0.1) is 0 Å². The van der Waals surface area contributed by atoms with E-state index < -0.39 is 34.8 Å². The van der Waals surface area contributed by atoms with Crippen LogP contribution < -0.4 is 0 Å². The minimum absolute atomic E-state index is 0.0133. The third-order valence-corrected chi connectivity index (χ3v) is 8.95. The molecule has 3 aromatic rings. The molecule has 2 N–H and O–H groups in total. The summed E-state index contributed by atoms with van der Waals surface area (Å²) in [7, 11) is 1.88. The number of nitrogens with zero attached hydrogens (tertiary/aromatic N) is 4. The Kier molecular flexibility index (Phi) is 8.63. The van der Waals surface area contributed by atoms with E-state index in [1.54, 1.807) is 43.6 Å². The first-order chi connectivity index (χ1) is 20.3. The van der Waals surface area contributed by atoms with Gasteiger partial charge in [0.05, 0.1) is 30.4 Å². The Morgan fingerprint density at radius 2 is 1.79 bits per heavy atom. The van der Waals surface area contributed by atoms with E-state index in [1.165, 1.54) is 17.9 Å². The van der Waals surface area contributed by atoms with Crippen molar-refractivity contribution in [3.8, 4) is 0 Å². The van der Waals surface area contributed by atoms with Crippen molar-refractivity contribution in [2.24, 2.45) is 0 Å². The van der Waals surface area contributed by atoms with Gasteiger partial charge in [0.25, 0.3) is 5.91 Å². The Morgan fingerprint density at radius 3 is 2.37 bits per heavy atom. The Morgan fingerprint density at radius 1 is 1.16 bits per heavy atom. The standard InChI is InChI=1S/C32H37ClF2N4O4/c1-5-31(42,30(35)10-12-38(4)13-11-30)23-14-25-28(26(34)15-23)32(43-19-21(3)40,22-6-8-24(33)9-7-22)39(29(25)41)18-27-36-16-20(2)17-37-27/h6-9,14-17,21,40,42H,5,10-13,18-19H2,1-4H3/t21-,31?,32-/m1/s1. The second-order valence-corrected chi connectivity index (χ2v) is 12.2. The van der Waals surface area contributed by atoms with Crippen LogP contribution in [0.2, 0.25) is 5.02 Å². The second kappa shape index (κ2) is 11.8. The van der Waals surface area contributed by atoms with Gasteiger partial charge in [-0.3, -0.25) is 9.69 Å². The molecule has 5 rings (SSSR count). The van der Waals surface area contributed by atoms with E-state index in [0.29, 0.717) is 23.7 Å². The minimum Gasteiger partial charge on any atom is -0.391 e. The van der Waals surface area contributed by atoms with Gasteiger partial charge in [0.2, 0.25) is 0 Å². The predicted molar refractivity (Wildman–Crippen MR) is 158 cm³/mol. The van der Waals surface area contributed by atoms with Crippen LogP contribution in [0.1, 0.15) is 71.5 Å². The number of hydrogen-bond acceptors (Lipinski definition) is 7. The highest BCUT2D eigenvalue weighted by Crippen LogP contribution is 2.51. The first kappa shape index (κ1) is 31.4. The molecule has 8 nitrogen and oxygen atoms in total. The van der Waals surface area contributed by atoms with Gasteiger partial charge in [0.1, 0.15) is 22.9 Å². The zero-order valence-corrected chi connectivity index (χ0v) is 25.5. The Balaban J connectivity index is 1.73. The molecule has 0 spiro atoms. The van der Waals surface area contributed by atoms with Gasteiger partial charge < -0.3 is 19.8 Å². The lowest BCUT2D eigenvalue weighted by Gasteiger charge is -2.46. The summed E-state index contributed by atoms with van der Waals surface area (Å²) in [5.74, 6) is -1.18. The van der Waals surface area contributed by atoms with Crippen molar-refractivity contribution in [1.82, 2.24) is 19.8 Å². The lowest BCUT2D eigenvalue weighted by Crippen LogP contribution is -2.54. The molecule has 2 aliphatic heterocycles. The number of piperidine rings is 1. The third-order valence-electron chi connectivity index (χ3n) is 8.70. The van der Waals surface area contributed by atoms with Crippen molar-refractivity contribution >= 4 is 17.5 Å². The number of carbonyl (C=O) groups is 1. The SMILES string of the molecule is CCC(O)(c1cc(F)c2c(c1)C(=O)N(Cc1ncc(C)cn1)[C@@]2(OC[C@@H](C)O)c1ccc(Cl)cc1)C1(F)CCN(C)CC1. The third kappa shape index (κ3) is 5.44. The molecule has 1 amide bonds. The maximum absolute atomic E-state index is 16.7. The summed E-state index contributed by atoms with van der Waals surface area (Å²) in [6, 6.07) is 8.94. The summed E-state index contributed by atoms with van der Waals surface area (Å²) in [5, 5.41) is 22.6. The number of ether oxygens (including phenoxy) is 1. The van der Waals surface area contributed by atoms with Crippen LogP contribution in [0.15, 0.2) is 48.8 Å². The fraction of sp³-hybridized carbons (Fsp3) is 0.469. The molecule has 0 bridgehead atoms. The summed E-state index contributed by atoms with van der Waals surface area (Å²) in [6.07, 6.45) is 2.36. The van der Waals surface area contributed by atoms with E-state index >= 15 is 8.78 Å². The molecule has 230 valence electrons. The van der Waals surface area contributed by atoms with E-state index in [9.17, 15) is 15.0 Å². The zero-order valence-electron chi connectivity index (χ0n) is 24.8. The molecule has 1 fully saturated rings. The fourth-order valence-electron chi connectivity index (χ4n) is 6.22. The smallest absolute Gasteiger partial charge is 0.257 e. The summed E-state index contributed by atoms with van der Waals surface area (Å²) in [4.78, 5) is 26.3. The van der Waals surface area contributed by atoms with E-state index in [4.69, 9.17) is 16.3 Å². The summed E-state index contributed by atoms with van der Waals surface area (Å²) in [5.41, 5.74) is -4.92. The first-order valence-electron chi connectivity index (χ1n) is 14.5. The average Bonchev–Trinajstić information content (AvgIpc) is 3.22. The lowest BCUT2D eigenvalue weighted by molar-refractivity contribution is -0.137. The van der Waals surface area contributed by atoms with Crippen LogP contribution >= 0.6 is 11.6 Å². The monoisotopic (exact) mass is 614 g/mol. The van der Waals surface area contributed by atoms with E-state index in [2.05, 4.69) is 9.97 Å². The number of benzene rings is 2. The number of aryl methyl sites for hydroxylation is 1. The maximum Gasteiger partial charge on any atom is 0.257 e. The Hall–Kier alpha value is -3.02. The van der Waals surface area contributed by atoms with Crippen LogP contribution in [0.3, 0.4) is 0 Å². The van der Waals surface area contributed by atoms with Gasteiger partial charge in [-0.1, -0.05) is 30.7 Å². The Bertz CT molecular complexity index is 1480. The summed E-state index contributed by atoms with van der Waals surface area (Å²) < 4.78 is 39.6. The number of likely N-dealkylation sites (tertiary alicyclic amines) is 1. The molecule has 3 atom stereocenters. The molecule has 43 heavy (non-hydrogen) atoms. The topological polar surface area (TPSA) is 99.0 Å². The predicted octanol–water partition coefficient (Wildman–Crippen LogP) is 4.86. The molecule has 0 saturated carbocycles. The largest absolute Gasteiger partial charge is 0.391 e. The number of hydrogen-bond donors (Lipinski definition) is 2. The molecule has 1 saturated heterocycles. The van der Waals surface area contributed by atoms with Crippen LogP contribution in [0.4, 0.5) is 8.78 Å². The van der Waals surface area contributed by atoms with Crippen LogP contribution in [0.25, 0.3) is 0 Å². The van der Waals surface area contributed by atoms with Gasteiger partial charge in [0.15, 0.2) is 5.72 Å². The molecule has 3 heterocycles. The number of rotatable bonds is 9. The van der Waals surface area contributed by atoms with Gasteiger partial charge >= 0.3 is 0 Å². The molecule has 1 unspecified atom stereocenters. The van der Waals surface area contributed by atoms with Gasteiger partial charge in [0, 0.05) is 36.1 Å². The number of amides is 1. The number of aliphatic hydroxyl groups excluding tert-OH is 1. The first-order valence-corrected chi connectivity index (χ1v) is 14.8. The number of carbonyl (C=O) groups excluding carboxylic acids is 1. The molecule has 0 aliphatic carbocycles. The normalized spacial score (nSPS) is 22.3. The lowest BCUT2D eigenvalue weighted by atomic mass is 9.71. The van der Waals surface area contributed by atoms with Crippen LogP contribution in [-0.4, -0.2) is 74.4 Å². The van der Waals surface area contributed by atoms with E-state index in [0.717, 1.165) is 11.6 Å². The van der Waals surface area contributed by atoms with Crippen molar-refractivity contribution < 1.29 is 28.5 Å². The number of halogens is 3. The second-order valence-electron chi connectivity index (χ2n) is 11.7. The van der Waals surface area contributed by atoms with Gasteiger partial charge in [-0.05, 0) is 75.5 Å². The van der Waals surface area contributed by atoms with Gasteiger partial charge in [-0.25, -0.2) is 18.7 Å². The van der Waals surface area contributed by atoms with E-state index in [-0.39, 0.29) is 54.9 Å². The minimum atomic E-state index is -2.04. The van der Waals surface area contributed by atoms with E-state index in [1.807, 2.05) is 18.9 Å². The highest BCUT2D eigenvalue weighted by atomic mass is 35.5. The number of alkyl halides is 1. The van der Waals surface area contributed by atoms with Crippen molar-refractivity contribution in [2.75, 3.05) is 26.7 Å². The molecular formula is C32H37ClF2N4O4. The molecule has 11 heteroatoms. The van der Waals surface area contributed by atoms with Crippen LogP contribution in [0.5, 0.6) is 0 Å². The number of aliphatic hydroxyl groups is 2. The van der Waals surface area contributed by atoms with Crippen molar-refractivity contribution in [3.05, 3.63) is 93.3 Å². The van der Waals surface area contributed by atoms with Crippen molar-refractivity contribution in [1.29, 1.82) is 0 Å². The summed E-state index contributed by atoms with van der Waals surface area (Å²) >= 11 is 6.19. The fourth-order valence-corrected chi connectivity index (χ4v) is 6.35. The van der Waals surface area contributed by atoms with Crippen LogP contribution in [-0.2, 0) is 22.6 Å². The highest BCUT2D eigenvalue weighted by Gasteiger charge is 2.57. The molecule has 0 radical (unpaired) electrons. The molecule has 2 aromatic carbocycles. The van der Waals surface area contributed by atoms with Crippen LogP contribution in [0, 0.1) is 12.7 Å². The molecular weight excluding hydrogens is 578 g/mol. The average molecular weight is 615 g/mol. The molecule has 1 aromatic heterocycles. The number of aromatic nitrogens is 2.